The van der Waals surface area contributed by atoms with Crippen molar-refractivity contribution in [3.8, 4) is 0 Å². The first-order valence-corrected chi connectivity index (χ1v) is 9.80. The summed E-state index contributed by atoms with van der Waals surface area (Å²) in [6.07, 6.45) is 5.04. The number of aliphatic imine (C=N–C) groups is 1. The Morgan fingerprint density at radius 3 is 2.82 bits per heavy atom. The summed E-state index contributed by atoms with van der Waals surface area (Å²) in [5.74, 6) is 0.266. The molecular formula is C18H24N6O3S. The van der Waals surface area contributed by atoms with Crippen LogP contribution >= 0.6 is 11.3 Å². The molecule has 9 nitrogen and oxygen atoms in total. The third-order valence-corrected chi connectivity index (χ3v) is 4.67. The minimum absolute atomic E-state index is 0.372. The van der Waals surface area contributed by atoms with Gasteiger partial charge in [-0.15, -0.1) is 16.9 Å². The third-order valence-electron chi connectivity index (χ3n) is 3.78. The molecule has 3 heterocycles. The molecule has 3 N–H and O–H groups in total. The molecule has 0 saturated carbocycles. The van der Waals surface area contributed by atoms with Gasteiger partial charge in [-0.1, -0.05) is 13.0 Å². The fraction of sp³-hybridized carbons (Fsp3) is 0.389. The van der Waals surface area contributed by atoms with E-state index in [1.807, 2.05) is 30.5 Å². The van der Waals surface area contributed by atoms with Crippen LogP contribution in [0.3, 0.4) is 0 Å². The van der Waals surface area contributed by atoms with Gasteiger partial charge < -0.3 is 10.1 Å². The minimum Gasteiger partial charge on any atom is -0.444 e. The maximum atomic E-state index is 12.6. The van der Waals surface area contributed by atoms with E-state index in [2.05, 4.69) is 21.3 Å². The van der Waals surface area contributed by atoms with E-state index in [4.69, 9.17) is 4.74 Å². The number of rotatable bonds is 5. The van der Waals surface area contributed by atoms with Crippen molar-refractivity contribution in [3.63, 3.8) is 0 Å². The van der Waals surface area contributed by atoms with Crippen molar-refractivity contribution in [2.24, 2.45) is 4.99 Å². The van der Waals surface area contributed by atoms with Crippen molar-refractivity contribution in [2.75, 3.05) is 0 Å². The lowest BCUT2D eigenvalue weighted by atomic mass is 10.2. The molecule has 2 amide bonds. The molecule has 10 heteroatoms. The second-order valence-corrected chi connectivity index (χ2v) is 8.13. The Balaban J connectivity index is 1.61. The Morgan fingerprint density at radius 1 is 1.39 bits per heavy atom. The minimum atomic E-state index is -0.733. The Kier molecular flexibility index (Phi) is 5.71. The van der Waals surface area contributed by atoms with Gasteiger partial charge in [0.2, 0.25) is 0 Å². The molecule has 1 aromatic heterocycles. The summed E-state index contributed by atoms with van der Waals surface area (Å²) >= 11 is 1.61. The van der Waals surface area contributed by atoms with E-state index in [9.17, 15) is 9.59 Å². The van der Waals surface area contributed by atoms with Gasteiger partial charge in [-0.3, -0.25) is 4.79 Å². The van der Waals surface area contributed by atoms with Crippen LogP contribution < -0.4 is 16.3 Å². The van der Waals surface area contributed by atoms with Gasteiger partial charge in [0.25, 0.3) is 5.91 Å². The number of carbonyl (C=O) groups is 2. The van der Waals surface area contributed by atoms with Crippen LogP contribution in [0.2, 0.25) is 0 Å². The van der Waals surface area contributed by atoms with Crippen molar-refractivity contribution in [1.82, 2.24) is 26.4 Å². The zero-order valence-corrected chi connectivity index (χ0v) is 17.0. The van der Waals surface area contributed by atoms with E-state index in [0.29, 0.717) is 12.2 Å². The highest BCUT2D eigenvalue weighted by Crippen LogP contribution is 2.30. The van der Waals surface area contributed by atoms with Gasteiger partial charge in [0.05, 0.1) is 16.8 Å². The van der Waals surface area contributed by atoms with Gasteiger partial charge in [0.1, 0.15) is 11.6 Å². The molecule has 28 heavy (non-hydrogen) atoms. The molecule has 0 aromatic carbocycles. The maximum absolute atomic E-state index is 12.6. The van der Waals surface area contributed by atoms with Gasteiger partial charge in [0, 0.05) is 6.21 Å². The van der Waals surface area contributed by atoms with Gasteiger partial charge in [0.15, 0.2) is 5.82 Å². The summed E-state index contributed by atoms with van der Waals surface area (Å²) in [5.41, 5.74) is 6.06. The Labute approximate surface area is 167 Å². The molecule has 150 valence electrons. The van der Waals surface area contributed by atoms with Gasteiger partial charge in [-0.2, -0.15) is 0 Å². The standard InChI is InChI=1S/C18H24N6O3S/c1-5-12(20-17(26)27-18(2,3)4)16(25)21-23-11-15-19-9-8-13(24(15)22-23)14-7-6-10-28-14/h6-12,22H,5H2,1-4H3,(H,20,26)(H,21,25)/t12-/m0/s1. The van der Waals surface area contributed by atoms with Crippen LogP contribution in [0.25, 0.3) is 5.70 Å². The molecule has 0 unspecified atom stereocenters. The molecule has 0 fully saturated rings. The number of fused-ring (bicyclic) bond motifs is 1. The molecule has 2 aliphatic rings. The van der Waals surface area contributed by atoms with E-state index in [-0.39, 0.29) is 5.91 Å². The fourth-order valence-electron chi connectivity index (χ4n) is 2.56. The number of thiophene rings is 1. The lowest BCUT2D eigenvalue weighted by Crippen LogP contribution is -2.55. The number of allylic oxidation sites excluding steroid dienone is 1. The van der Waals surface area contributed by atoms with Gasteiger partial charge in [-0.25, -0.2) is 25.3 Å². The van der Waals surface area contributed by atoms with Crippen molar-refractivity contribution in [2.45, 2.75) is 45.8 Å². The van der Waals surface area contributed by atoms with Gasteiger partial charge >= 0.3 is 6.09 Å². The fourth-order valence-corrected chi connectivity index (χ4v) is 3.30. The van der Waals surface area contributed by atoms with Crippen molar-refractivity contribution >= 4 is 35.2 Å². The molecule has 1 aromatic rings. The first kappa shape index (κ1) is 19.9. The average Bonchev–Trinajstić information content (AvgIpc) is 3.26. The summed E-state index contributed by atoms with van der Waals surface area (Å²) in [7, 11) is 0. The molecule has 0 saturated heterocycles. The number of ether oxygens (including phenoxy) is 1. The molecule has 0 aliphatic carbocycles. The van der Waals surface area contributed by atoms with Crippen LogP contribution in [0.4, 0.5) is 4.79 Å². The zero-order valence-electron chi connectivity index (χ0n) is 16.2. The summed E-state index contributed by atoms with van der Waals surface area (Å²) in [4.78, 5) is 29.9. The molecule has 1 atom stereocenters. The van der Waals surface area contributed by atoms with E-state index in [1.165, 1.54) is 5.12 Å². The highest BCUT2D eigenvalue weighted by molar-refractivity contribution is 7.11. The lowest BCUT2D eigenvalue weighted by molar-refractivity contribution is -0.128. The second-order valence-electron chi connectivity index (χ2n) is 7.18. The molecule has 2 aliphatic heterocycles. The number of carbonyl (C=O) groups excluding carboxylic acids is 2. The van der Waals surface area contributed by atoms with E-state index in [0.717, 1.165) is 10.6 Å². The summed E-state index contributed by atoms with van der Waals surface area (Å²) in [6, 6.07) is 3.25. The topological polar surface area (TPSA) is 98.3 Å². The van der Waals surface area contributed by atoms with Crippen LogP contribution in [0.1, 0.15) is 39.0 Å². The van der Waals surface area contributed by atoms with Crippen LogP contribution in [0.15, 0.2) is 40.6 Å². The number of nitrogens with one attached hydrogen (secondary N) is 3. The monoisotopic (exact) mass is 404 g/mol. The number of alkyl carbamates (subject to hydrolysis) is 1. The SMILES string of the molecule is CC[C@H](NC(=O)OC(C)(C)C)C(=O)NN1C=C2N=CC=C(c3cccs3)N2N1. The van der Waals surface area contributed by atoms with E-state index < -0.39 is 17.7 Å². The van der Waals surface area contributed by atoms with Crippen LogP contribution in [0.5, 0.6) is 0 Å². The lowest BCUT2D eigenvalue weighted by Gasteiger charge is -2.27. The summed E-state index contributed by atoms with van der Waals surface area (Å²) < 4.78 is 5.22. The predicted molar refractivity (Wildman–Crippen MR) is 107 cm³/mol. The summed E-state index contributed by atoms with van der Waals surface area (Å²) in [6.45, 7) is 7.11. The highest BCUT2D eigenvalue weighted by Gasteiger charge is 2.29. The molecule has 0 spiro atoms. The number of hydrogen-bond donors (Lipinski definition) is 3. The first-order valence-electron chi connectivity index (χ1n) is 8.92. The normalized spacial score (nSPS) is 16.9. The number of nitrogens with zero attached hydrogens (tertiary/aromatic N) is 3. The quantitative estimate of drug-likeness (QED) is 0.697. The first-order chi connectivity index (χ1) is 13.3. The number of hydrogen-bond acceptors (Lipinski definition) is 8. The Hall–Kier alpha value is -2.85. The summed E-state index contributed by atoms with van der Waals surface area (Å²) in [5, 5.41) is 7.77. The Bertz CT molecular complexity index is 825. The predicted octanol–water partition coefficient (Wildman–Crippen LogP) is 2.34. The number of amides is 2. The largest absolute Gasteiger partial charge is 0.444 e. The highest BCUT2D eigenvalue weighted by atomic mass is 32.1. The Morgan fingerprint density at radius 2 is 2.18 bits per heavy atom. The third kappa shape index (κ3) is 4.70. The van der Waals surface area contributed by atoms with E-state index in [1.54, 1.807) is 49.5 Å². The van der Waals surface area contributed by atoms with Crippen molar-refractivity contribution < 1.29 is 14.3 Å². The van der Waals surface area contributed by atoms with Crippen molar-refractivity contribution in [3.05, 3.63) is 40.5 Å². The molecule has 0 radical (unpaired) electrons. The van der Waals surface area contributed by atoms with Crippen LogP contribution in [-0.2, 0) is 9.53 Å². The molecule has 0 bridgehead atoms. The second kappa shape index (κ2) is 8.03. The van der Waals surface area contributed by atoms with Crippen LogP contribution in [-0.4, -0.2) is 40.0 Å². The van der Waals surface area contributed by atoms with E-state index >= 15 is 0 Å². The van der Waals surface area contributed by atoms with Gasteiger partial charge in [-0.05, 0) is 44.7 Å². The van der Waals surface area contributed by atoms with Crippen LogP contribution in [0, 0.1) is 0 Å². The molecular weight excluding hydrogens is 380 g/mol. The number of hydrazine groups is 3. The zero-order chi connectivity index (χ0) is 20.3. The molecule has 3 rings (SSSR count). The van der Waals surface area contributed by atoms with Crippen molar-refractivity contribution in [1.29, 1.82) is 0 Å². The average molecular weight is 404 g/mol. The smallest absolute Gasteiger partial charge is 0.408 e. The maximum Gasteiger partial charge on any atom is 0.408 e.